The van der Waals surface area contributed by atoms with Crippen molar-refractivity contribution in [2.75, 3.05) is 5.32 Å². The van der Waals surface area contributed by atoms with Crippen molar-refractivity contribution in [1.82, 2.24) is 0 Å². The van der Waals surface area contributed by atoms with Crippen LogP contribution in [-0.2, 0) is 0 Å². The molecule has 5 heteroatoms. The Balaban J connectivity index is 2.24. The molecule has 1 aromatic rings. The van der Waals surface area contributed by atoms with Crippen molar-refractivity contribution in [2.45, 2.75) is 45.6 Å². The fraction of sp³-hybridized carbons (Fsp3) is 0.533. The largest absolute Gasteiger partial charge is 0.382 e. The van der Waals surface area contributed by atoms with Gasteiger partial charge in [-0.05, 0) is 30.4 Å². The molecule has 0 radical (unpaired) electrons. The van der Waals surface area contributed by atoms with Gasteiger partial charge in [0, 0.05) is 17.8 Å². The van der Waals surface area contributed by atoms with Crippen molar-refractivity contribution >= 4 is 11.4 Å². The van der Waals surface area contributed by atoms with Crippen LogP contribution < -0.4 is 5.32 Å². The maximum absolute atomic E-state index is 11.0. The molecule has 0 bridgehead atoms. The molecule has 1 fully saturated rings. The first-order valence-corrected chi connectivity index (χ1v) is 6.89. The van der Waals surface area contributed by atoms with Gasteiger partial charge in [-0.2, -0.15) is 5.26 Å². The van der Waals surface area contributed by atoms with E-state index in [1.165, 1.54) is 25.0 Å². The van der Waals surface area contributed by atoms with Crippen LogP contribution in [0.4, 0.5) is 11.4 Å². The van der Waals surface area contributed by atoms with Gasteiger partial charge in [0.15, 0.2) is 0 Å². The van der Waals surface area contributed by atoms with Crippen LogP contribution in [0.1, 0.15) is 45.1 Å². The number of nitrogens with zero attached hydrogens (tertiary/aromatic N) is 2. The highest BCUT2D eigenvalue weighted by molar-refractivity contribution is 5.59. The van der Waals surface area contributed by atoms with Crippen LogP contribution in [0.15, 0.2) is 18.2 Å². The second kappa shape index (κ2) is 5.49. The Morgan fingerprint density at radius 1 is 1.45 bits per heavy atom. The summed E-state index contributed by atoms with van der Waals surface area (Å²) in [6.45, 7) is 4.45. The van der Waals surface area contributed by atoms with Gasteiger partial charge in [0.2, 0.25) is 0 Å². The summed E-state index contributed by atoms with van der Waals surface area (Å²) in [4.78, 5) is 10.5. The highest BCUT2D eigenvalue weighted by Crippen LogP contribution is 2.37. The number of rotatable bonds is 3. The molecule has 106 valence electrons. The summed E-state index contributed by atoms with van der Waals surface area (Å²) in [6.07, 6.45) is 4.64. The number of hydrogen-bond donors (Lipinski definition) is 1. The van der Waals surface area contributed by atoms with Gasteiger partial charge in [0.25, 0.3) is 5.69 Å². The Morgan fingerprint density at radius 2 is 2.20 bits per heavy atom. The molecule has 1 atom stereocenters. The third-order valence-electron chi connectivity index (χ3n) is 4.16. The molecule has 1 aliphatic carbocycles. The van der Waals surface area contributed by atoms with Gasteiger partial charge in [-0.25, -0.2) is 0 Å². The van der Waals surface area contributed by atoms with E-state index in [2.05, 4.69) is 19.2 Å². The van der Waals surface area contributed by atoms with Crippen LogP contribution in [-0.4, -0.2) is 11.0 Å². The zero-order chi connectivity index (χ0) is 14.8. The average Bonchev–Trinajstić information content (AvgIpc) is 2.41. The molecule has 0 aromatic heterocycles. The van der Waals surface area contributed by atoms with Gasteiger partial charge in [0.1, 0.15) is 11.6 Å². The standard InChI is InChI=1S/C15H19N3O2/c1-15(2)8-4-3-5-14(15)17-12-7-6-11(10-16)13(9-12)18(19)20/h6-7,9,14,17H,3-5,8H2,1-2H3. The lowest BCUT2D eigenvalue weighted by Crippen LogP contribution is -2.38. The monoisotopic (exact) mass is 273 g/mol. The molecule has 0 spiro atoms. The van der Waals surface area contributed by atoms with Gasteiger partial charge >= 0.3 is 0 Å². The van der Waals surface area contributed by atoms with Gasteiger partial charge < -0.3 is 5.32 Å². The van der Waals surface area contributed by atoms with Gasteiger partial charge in [0.05, 0.1) is 4.92 Å². The quantitative estimate of drug-likeness (QED) is 0.670. The molecule has 0 aliphatic heterocycles. The third-order valence-corrected chi connectivity index (χ3v) is 4.16. The zero-order valence-corrected chi connectivity index (χ0v) is 11.8. The van der Waals surface area contributed by atoms with Crippen molar-refractivity contribution in [3.8, 4) is 6.07 Å². The normalized spacial score (nSPS) is 20.9. The van der Waals surface area contributed by atoms with Crippen LogP contribution in [0.3, 0.4) is 0 Å². The number of nitrogens with one attached hydrogen (secondary N) is 1. The predicted molar refractivity (Wildman–Crippen MR) is 77.5 cm³/mol. The third kappa shape index (κ3) is 2.90. The fourth-order valence-electron chi connectivity index (χ4n) is 2.83. The van der Waals surface area contributed by atoms with Crippen LogP contribution >= 0.6 is 0 Å². The van der Waals surface area contributed by atoms with Crippen LogP contribution in [0.5, 0.6) is 0 Å². The van der Waals surface area contributed by atoms with E-state index in [0.29, 0.717) is 6.04 Å². The van der Waals surface area contributed by atoms with Crippen molar-refractivity contribution in [1.29, 1.82) is 5.26 Å². The number of hydrogen-bond acceptors (Lipinski definition) is 4. The minimum Gasteiger partial charge on any atom is -0.382 e. The molecular formula is C15H19N3O2. The first-order valence-electron chi connectivity index (χ1n) is 6.89. The molecule has 1 saturated carbocycles. The number of nitro benzene ring substituents is 1. The average molecular weight is 273 g/mol. The Morgan fingerprint density at radius 3 is 2.80 bits per heavy atom. The summed E-state index contributed by atoms with van der Waals surface area (Å²) in [5.74, 6) is 0. The van der Waals surface area contributed by atoms with E-state index in [1.54, 1.807) is 6.07 Å². The highest BCUT2D eigenvalue weighted by Gasteiger charge is 2.32. The molecule has 20 heavy (non-hydrogen) atoms. The summed E-state index contributed by atoms with van der Waals surface area (Å²) in [6, 6.07) is 6.88. The van der Waals surface area contributed by atoms with Crippen molar-refractivity contribution in [2.24, 2.45) is 5.41 Å². The van der Waals surface area contributed by atoms with E-state index >= 15 is 0 Å². The molecule has 2 rings (SSSR count). The predicted octanol–water partition coefficient (Wildman–Crippen LogP) is 3.85. The van der Waals surface area contributed by atoms with E-state index in [4.69, 9.17) is 5.26 Å². The molecule has 0 heterocycles. The lowest BCUT2D eigenvalue weighted by Gasteiger charge is -2.39. The van der Waals surface area contributed by atoms with Crippen LogP contribution in [0.25, 0.3) is 0 Å². The van der Waals surface area contributed by atoms with E-state index < -0.39 is 4.92 Å². The zero-order valence-electron chi connectivity index (χ0n) is 11.8. The second-order valence-electron chi connectivity index (χ2n) is 6.03. The molecule has 0 amide bonds. The molecule has 1 unspecified atom stereocenters. The molecule has 1 N–H and O–H groups in total. The van der Waals surface area contributed by atoms with E-state index in [1.807, 2.05) is 6.07 Å². The molecule has 5 nitrogen and oxygen atoms in total. The lowest BCUT2D eigenvalue weighted by atomic mass is 9.73. The number of benzene rings is 1. The summed E-state index contributed by atoms with van der Waals surface area (Å²) in [7, 11) is 0. The van der Waals surface area contributed by atoms with E-state index in [9.17, 15) is 10.1 Å². The summed E-state index contributed by atoms with van der Waals surface area (Å²) in [5, 5.41) is 23.3. The SMILES string of the molecule is CC1(C)CCCCC1Nc1ccc(C#N)c([N+](=O)[O-])c1. The van der Waals surface area contributed by atoms with Crippen LogP contribution in [0, 0.1) is 26.9 Å². The maximum atomic E-state index is 11.0. The molecule has 0 saturated heterocycles. The van der Waals surface area contributed by atoms with Crippen molar-refractivity contribution in [3.63, 3.8) is 0 Å². The van der Waals surface area contributed by atoms with Gasteiger partial charge in [-0.3, -0.25) is 10.1 Å². The van der Waals surface area contributed by atoms with E-state index in [0.717, 1.165) is 18.5 Å². The van der Waals surface area contributed by atoms with Crippen molar-refractivity contribution in [3.05, 3.63) is 33.9 Å². The Kier molecular flexibility index (Phi) is 3.93. The minimum absolute atomic E-state index is 0.100. The first kappa shape index (κ1) is 14.3. The minimum atomic E-state index is -0.504. The molecule has 1 aliphatic rings. The fourth-order valence-corrected chi connectivity index (χ4v) is 2.83. The highest BCUT2D eigenvalue weighted by atomic mass is 16.6. The summed E-state index contributed by atoms with van der Waals surface area (Å²) in [5.41, 5.74) is 0.867. The lowest BCUT2D eigenvalue weighted by molar-refractivity contribution is -0.385. The summed E-state index contributed by atoms with van der Waals surface area (Å²) >= 11 is 0. The second-order valence-corrected chi connectivity index (χ2v) is 6.03. The topological polar surface area (TPSA) is 79.0 Å². The number of nitro groups is 1. The van der Waals surface area contributed by atoms with E-state index in [-0.39, 0.29) is 16.7 Å². The number of nitriles is 1. The Labute approximate surface area is 118 Å². The smallest absolute Gasteiger partial charge is 0.289 e. The summed E-state index contributed by atoms with van der Waals surface area (Å²) < 4.78 is 0. The molecule has 1 aromatic carbocycles. The first-order chi connectivity index (χ1) is 9.44. The van der Waals surface area contributed by atoms with Gasteiger partial charge in [-0.1, -0.05) is 26.7 Å². The Hall–Kier alpha value is -2.09. The number of anilines is 1. The molecular weight excluding hydrogens is 254 g/mol. The van der Waals surface area contributed by atoms with Crippen LogP contribution in [0.2, 0.25) is 0 Å². The maximum Gasteiger partial charge on any atom is 0.289 e. The van der Waals surface area contributed by atoms with Crippen molar-refractivity contribution < 1.29 is 4.92 Å². The van der Waals surface area contributed by atoms with Gasteiger partial charge in [-0.15, -0.1) is 0 Å². The Bertz CT molecular complexity index is 561.